The molecule has 2 amide bonds. The molecule has 0 unspecified atom stereocenters. The van der Waals surface area contributed by atoms with Gasteiger partial charge in [-0.2, -0.15) is 0 Å². The number of nitrogens with one attached hydrogen (secondary N) is 2. The first kappa shape index (κ1) is 16.2. The Labute approximate surface area is 142 Å². The third-order valence-electron chi connectivity index (χ3n) is 3.41. The largest absolute Gasteiger partial charge is 0.422 e. The molecule has 0 spiro atoms. The molecule has 0 fully saturated rings. The standard InChI is InChI=1S/C19H14N2O4/c22-17(11-10-13-6-2-1-3-7-13)20-21-18(23)15-12-14-8-4-5-9-16(14)25-19(15)24/h1-12H,(H,20,22)(H,21,23)/b11-10+. The zero-order valence-corrected chi connectivity index (χ0v) is 13.1. The lowest BCUT2D eigenvalue weighted by atomic mass is 10.2. The van der Waals surface area contributed by atoms with Gasteiger partial charge >= 0.3 is 5.63 Å². The minimum atomic E-state index is -0.773. The lowest BCUT2D eigenvalue weighted by Gasteiger charge is -2.05. The van der Waals surface area contributed by atoms with Crippen LogP contribution in [0, 0.1) is 0 Å². The lowest BCUT2D eigenvalue weighted by molar-refractivity contribution is -0.117. The average molecular weight is 334 g/mol. The van der Waals surface area contributed by atoms with Crippen LogP contribution in [0.2, 0.25) is 0 Å². The van der Waals surface area contributed by atoms with Gasteiger partial charge in [0.1, 0.15) is 11.1 Å². The van der Waals surface area contributed by atoms with Gasteiger partial charge in [-0.05, 0) is 23.8 Å². The summed E-state index contributed by atoms with van der Waals surface area (Å²) in [4.78, 5) is 35.7. The number of carbonyl (C=O) groups excluding carboxylic acids is 2. The third kappa shape index (κ3) is 4.00. The number of benzene rings is 2. The number of fused-ring (bicyclic) bond motifs is 1. The first-order valence-corrected chi connectivity index (χ1v) is 7.50. The second-order valence-corrected chi connectivity index (χ2v) is 5.17. The van der Waals surface area contributed by atoms with Gasteiger partial charge < -0.3 is 4.42 Å². The van der Waals surface area contributed by atoms with Crippen molar-refractivity contribution >= 4 is 28.9 Å². The lowest BCUT2D eigenvalue weighted by Crippen LogP contribution is -2.42. The predicted molar refractivity (Wildman–Crippen MR) is 93.6 cm³/mol. The summed E-state index contributed by atoms with van der Waals surface area (Å²) in [5.74, 6) is -1.27. The van der Waals surface area contributed by atoms with Gasteiger partial charge in [-0.15, -0.1) is 0 Å². The van der Waals surface area contributed by atoms with Crippen molar-refractivity contribution in [2.75, 3.05) is 0 Å². The van der Waals surface area contributed by atoms with Crippen LogP contribution in [-0.4, -0.2) is 11.8 Å². The molecule has 0 atom stereocenters. The van der Waals surface area contributed by atoms with Crippen LogP contribution in [0.1, 0.15) is 15.9 Å². The van der Waals surface area contributed by atoms with E-state index in [-0.39, 0.29) is 5.56 Å². The summed E-state index contributed by atoms with van der Waals surface area (Å²) in [5.41, 5.74) is 4.68. The van der Waals surface area contributed by atoms with Gasteiger partial charge in [-0.25, -0.2) is 4.79 Å². The maximum atomic E-state index is 12.1. The highest BCUT2D eigenvalue weighted by molar-refractivity contribution is 5.99. The normalized spacial score (nSPS) is 10.7. The number of amides is 2. The van der Waals surface area contributed by atoms with Gasteiger partial charge in [0, 0.05) is 11.5 Å². The number of hydrogen-bond donors (Lipinski definition) is 2. The second-order valence-electron chi connectivity index (χ2n) is 5.17. The van der Waals surface area contributed by atoms with Crippen molar-refractivity contribution in [1.82, 2.24) is 10.9 Å². The SMILES string of the molecule is O=C(/C=C/c1ccccc1)NNC(=O)c1cc2ccccc2oc1=O. The van der Waals surface area contributed by atoms with Crippen LogP contribution in [0.25, 0.3) is 17.0 Å². The summed E-state index contributed by atoms with van der Waals surface area (Å²) < 4.78 is 5.08. The van der Waals surface area contributed by atoms with E-state index in [1.165, 1.54) is 12.1 Å². The Morgan fingerprint density at radius 3 is 2.44 bits per heavy atom. The number of hydrogen-bond acceptors (Lipinski definition) is 4. The summed E-state index contributed by atoms with van der Waals surface area (Å²) in [6.45, 7) is 0. The number of para-hydroxylation sites is 1. The quantitative estimate of drug-likeness (QED) is 0.437. The van der Waals surface area contributed by atoms with Gasteiger partial charge in [-0.1, -0.05) is 48.5 Å². The maximum Gasteiger partial charge on any atom is 0.349 e. The molecule has 6 heteroatoms. The van der Waals surface area contributed by atoms with E-state index in [4.69, 9.17) is 4.42 Å². The minimum Gasteiger partial charge on any atom is -0.422 e. The molecule has 0 bridgehead atoms. The fourth-order valence-electron chi connectivity index (χ4n) is 2.18. The summed E-state index contributed by atoms with van der Waals surface area (Å²) in [5, 5.41) is 0.613. The highest BCUT2D eigenvalue weighted by Crippen LogP contribution is 2.12. The Balaban J connectivity index is 1.66. The summed E-state index contributed by atoms with van der Waals surface area (Å²) in [6, 6.07) is 17.5. The number of hydrazine groups is 1. The van der Waals surface area contributed by atoms with Crippen molar-refractivity contribution < 1.29 is 14.0 Å². The molecule has 2 N–H and O–H groups in total. The van der Waals surface area contributed by atoms with E-state index >= 15 is 0 Å². The van der Waals surface area contributed by atoms with Crippen molar-refractivity contribution in [2.45, 2.75) is 0 Å². The predicted octanol–water partition coefficient (Wildman–Crippen LogP) is 2.27. The monoisotopic (exact) mass is 334 g/mol. The van der Waals surface area contributed by atoms with Crippen LogP contribution in [0.4, 0.5) is 0 Å². The van der Waals surface area contributed by atoms with E-state index in [0.29, 0.717) is 11.0 Å². The molecule has 6 nitrogen and oxygen atoms in total. The summed E-state index contributed by atoms with van der Waals surface area (Å²) in [6.07, 6.45) is 2.88. The minimum absolute atomic E-state index is 0.189. The van der Waals surface area contributed by atoms with Crippen LogP contribution >= 0.6 is 0 Å². The van der Waals surface area contributed by atoms with Gasteiger partial charge in [-0.3, -0.25) is 20.4 Å². The molecule has 0 saturated heterocycles. The van der Waals surface area contributed by atoms with E-state index in [1.807, 2.05) is 30.3 Å². The molecule has 3 rings (SSSR count). The van der Waals surface area contributed by atoms with Crippen LogP contribution in [0.5, 0.6) is 0 Å². The van der Waals surface area contributed by atoms with Crippen LogP contribution in [-0.2, 0) is 4.79 Å². The molecule has 25 heavy (non-hydrogen) atoms. The zero-order chi connectivity index (χ0) is 17.6. The van der Waals surface area contributed by atoms with Gasteiger partial charge in [0.2, 0.25) is 0 Å². The highest BCUT2D eigenvalue weighted by atomic mass is 16.4. The first-order chi connectivity index (χ1) is 12.1. The van der Waals surface area contributed by atoms with Crippen molar-refractivity contribution in [1.29, 1.82) is 0 Å². The molecule has 2 aromatic carbocycles. The molecule has 124 valence electrons. The Morgan fingerprint density at radius 1 is 0.920 bits per heavy atom. The molecule has 0 aliphatic rings. The van der Waals surface area contributed by atoms with Crippen LogP contribution in [0.3, 0.4) is 0 Å². The van der Waals surface area contributed by atoms with E-state index < -0.39 is 17.4 Å². The molecule has 0 aliphatic carbocycles. The van der Waals surface area contributed by atoms with Crippen molar-refractivity contribution in [2.24, 2.45) is 0 Å². The second kappa shape index (κ2) is 7.27. The molecule has 0 radical (unpaired) electrons. The van der Waals surface area contributed by atoms with Crippen LogP contribution < -0.4 is 16.5 Å². The smallest absolute Gasteiger partial charge is 0.349 e. The van der Waals surface area contributed by atoms with E-state index in [0.717, 1.165) is 5.56 Å². The Bertz CT molecular complexity index is 1010. The summed E-state index contributed by atoms with van der Waals surface area (Å²) in [7, 11) is 0. The maximum absolute atomic E-state index is 12.1. The van der Waals surface area contributed by atoms with Crippen molar-refractivity contribution in [3.63, 3.8) is 0 Å². The molecular formula is C19H14N2O4. The molecule has 1 aromatic heterocycles. The fraction of sp³-hybridized carbons (Fsp3) is 0. The third-order valence-corrected chi connectivity index (χ3v) is 3.41. The first-order valence-electron chi connectivity index (χ1n) is 7.50. The van der Waals surface area contributed by atoms with Crippen molar-refractivity contribution in [3.05, 3.63) is 88.3 Å². The molecule has 0 aliphatic heterocycles. The molecule has 0 saturated carbocycles. The fourth-order valence-corrected chi connectivity index (χ4v) is 2.18. The summed E-state index contributed by atoms with van der Waals surface area (Å²) >= 11 is 0. The topological polar surface area (TPSA) is 88.4 Å². The zero-order valence-electron chi connectivity index (χ0n) is 13.1. The van der Waals surface area contributed by atoms with Crippen LogP contribution in [0.15, 0.2) is 76.0 Å². The molecular weight excluding hydrogens is 320 g/mol. The number of carbonyl (C=O) groups is 2. The number of rotatable bonds is 3. The van der Waals surface area contributed by atoms with E-state index in [9.17, 15) is 14.4 Å². The Morgan fingerprint density at radius 2 is 1.64 bits per heavy atom. The highest BCUT2D eigenvalue weighted by Gasteiger charge is 2.13. The average Bonchev–Trinajstić information content (AvgIpc) is 2.64. The van der Waals surface area contributed by atoms with E-state index in [2.05, 4.69) is 10.9 Å². The Hall–Kier alpha value is -3.67. The van der Waals surface area contributed by atoms with Crippen molar-refractivity contribution in [3.8, 4) is 0 Å². The molecule has 1 heterocycles. The van der Waals surface area contributed by atoms with Gasteiger partial charge in [0.25, 0.3) is 11.8 Å². The van der Waals surface area contributed by atoms with E-state index in [1.54, 1.807) is 30.3 Å². The van der Waals surface area contributed by atoms with Gasteiger partial charge in [0.15, 0.2) is 0 Å². The molecule has 3 aromatic rings. The van der Waals surface area contributed by atoms with Gasteiger partial charge in [0.05, 0.1) is 0 Å². The Kier molecular flexibility index (Phi) is 4.71.